The summed E-state index contributed by atoms with van der Waals surface area (Å²) in [5, 5.41) is 2.14. The van der Waals surface area contributed by atoms with Crippen LogP contribution in [0.2, 0.25) is 0 Å². The maximum absolute atomic E-state index is 5.75. The van der Waals surface area contributed by atoms with Crippen LogP contribution in [0.1, 0.15) is 25.1 Å². The minimum absolute atomic E-state index is 0.545. The first-order valence-corrected chi connectivity index (χ1v) is 8.28. The molecule has 0 spiro atoms. The summed E-state index contributed by atoms with van der Waals surface area (Å²) < 4.78 is 5.75. The molecule has 4 heteroatoms. The van der Waals surface area contributed by atoms with Crippen molar-refractivity contribution in [1.82, 2.24) is 4.90 Å². The maximum Gasteiger partial charge on any atom is 0.119 e. The molecule has 0 fully saturated rings. The van der Waals surface area contributed by atoms with Crippen molar-refractivity contribution in [2.45, 2.75) is 32.9 Å². The SMILES string of the molecule is CC(C)N(CCCOc1ccc(N)cc1)Cc1cccs1. The predicted octanol–water partition coefficient (Wildman–Crippen LogP) is 4.01. The van der Waals surface area contributed by atoms with Gasteiger partial charge in [-0.15, -0.1) is 11.3 Å². The average molecular weight is 304 g/mol. The number of thiophene rings is 1. The molecule has 0 unspecified atom stereocenters. The van der Waals surface area contributed by atoms with Crippen LogP contribution >= 0.6 is 11.3 Å². The van der Waals surface area contributed by atoms with Crippen molar-refractivity contribution in [1.29, 1.82) is 0 Å². The van der Waals surface area contributed by atoms with E-state index in [1.807, 2.05) is 35.6 Å². The van der Waals surface area contributed by atoms with Gasteiger partial charge in [-0.3, -0.25) is 4.90 Å². The van der Waals surface area contributed by atoms with Gasteiger partial charge in [-0.1, -0.05) is 6.07 Å². The van der Waals surface area contributed by atoms with Crippen LogP contribution in [0.25, 0.3) is 0 Å². The summed E-state index contributed by atoms with van der Waals surface area (Å²) in [5.41, 5.74) is 6.43. The van der Waals surface area contributed by atoms with Gasteiger partial charge >= 0.3 is 0 Å². The molecule has 114 valence electrons. The maximum atomic E-state index is 5.75. The van der Waals surface area contributed by atoms with Gasteiger partial charge in [0.15, 0.2) is 0 Å². The lowest BCUT2D eigenvalue weighted by atomic mass is 10.2. The molecule has 0 bridgehead atoms. The highest BCUT2D eigenvalue weighted by Crippen LogP contribution is 2.15. The number of nitrogen functional groups attached to an aromatic ring is 1. The summed E-state index contributed by atoms with van der Waals surface area (Å²) >= 11 is 1.82. The number of nitrogens with zero attached hydrogens (tertiary/aromatic N) is 1. The molecule has 0 aliphatic heterocycles. The topological polar surface area (TPSA) is 38.5 Å². The van der Waals surface area contributed by atoms with Gasteiger partial charge < -0.3 is 10.5 Å². The fourth-order valence-electron chi connectivity index (χ4n) is 2.14. The van der Waals surface area contributed by atoms with Crippen LogP contribution < -0.4 is 10.5 Å². The Hall–Kier alpha value is -1.52. The Morgan fingerprint density at radius 2 is 1.95 bits per heavy atom. The summed E-state index contributed by atoms with van der Waals surface area (Å²) in [6, 6.07) is 12.4. The molecule has 2 rings (SSSR count). The van der Waals surface area contributed by atoms with E-state index in [1.54, 1.807) is 0 Å². The van der Waals surface area contributed by atoms with Crippen LogP contribution in [0.4, 0.5) is 5.69 Å². The molecule has 2 aromatic rings. The molecule has 3 nitrogen and oxygen atoms in total. The van der Waals surface area contributed by atoms with Crippen molar-refractivity contribution in [3.8, 4) is 5.75 Å². The van der Waals surface area contributed by atoms with Crippen LogP contribution in [-0.2, 0) is 6.54 Å². The molecular weight excluding hydrogens is 280 g/mol. The van der Waals surface area contributed by atoms with Crippen molar-refractivity contribution < 1.29 is 4.74 Å². The third-order valence-corrected chi connectivity index (χ3v) is 4.27. The largest absolute Gasteiger partial charge is 0.494 e. The van der Waals surface area contributed by atoms with Crippen molar-refractivity contribution in [3.05, 3.63) is 46.7 Å². The molecule has 0 atom stereocenters. The van der Waals surface area contributed by atoms with Crippen molar-refractivity contribution in [3.63, 3.8) is 0 Å². The summed E-state index contributed by atoms with van der Waals surface area (Å²) in [6.45, 7) is 7.29. The lowest BCUT2D eigenvalue weighted by molar-refractivity contribution is 0.192. The lowest BCUT2D eigenvalue weighted by Gasteiger charge is -2.25. The zero-order valence-corrected chi connectivity index (χ0v) is 13.6. The van der Waals surface area contributed by atoms with Crippen molar-refractivity contribution in [2.24, 2.45) is 0 Å². The van der Waals surface area contributed by atoms with Crippen molar-refractivity contribution >= 4 is 17.0 Å². The Kier molecular flexibility index (Phi) is 6.08. The highest BCUT2D eigenvalue weighted by atomic mass is 32.1. The van der Waals surface area contributed by atoms with Gasteiger partial charge in [0.1, 0.15) is 5.75 Å². The standard InChI is InChI=1S/C17H24N2OS/c1-14(2)19(13-17-5-3-12-21-17)10-4-11-20-16-8-6-15(18)7-9-16/h3,5-9,12,14H,4,10-11,13,18H2,1-2H3. The fourth-order valence-corrected chi connectivity index (χ4v) is 2.87. The molecular formula is C17H24N2OS. The van der Waals surface area contributed by atoms with E-state index >= 15 is 0 Å². The molecule has 1 aromatic carbocycles. The Bertz CT molecular complexity index is 508. The van der Waals surface area contributed by atoms with Gasteiger partial charge in [-0.25, -0.2) is 0 Å². The number of anilines is 1. The zero-order valence-electron chi connectivity index (χ0n) is 12.8. The Morgan fingerprint density at radius 3 is 2.57 bits per heavy atom. The van der Waals surface area contributed by atoms with Crippen molar-refractivity contribution in [2.75, 3.05) is 18.9 Å². The van der Waals surface area contributed by atoms with Crippen LogP contribution in [-0.4, -0.2) is 24.1 Å². The Labute approximate surface area is 131 Å². The van der Waals surface area contributed by atoms with Crippen LogP contribution in [0, 0.1) is 0 Å². The number of hydrogen-bond donors (Lipinski definition) is 1. The van der Waals surface area contributed by atoms with Gasteiger partial charge in [0.25, 0.3) is 0 Å². The summed E-state index contributed by atoms with van der Waals surface area (Å²) in [5.74, 6) is 0.888. The number of rotatable bonds is 8. The molecule has 0 radical (unpaired) electrons. The molecule has 0 amide bonds. The van der Waals surface area contributed by atoms with E-state index in [1.165, 1.54) is 4.88 Å². The average Bonchev–Trinajstić information content (AvgIpc) is 2.97. The third-order valence-electron chi connectivity index (χ3n) is 3.41. The minimum Gasteiger partial charge on any atom is -0.494 e. The lowest BCUT2D eigenvalue weighted by Crippen LogP contribution is -2.31. The normalized spacial score (nSPS) is 11.2. The second kappa shape index (κ2) is 8.05. The van der Waals surface area contributed by atoms with Gasteiger partial charge in [0.05, 0.1) is 6.61 Å². The molecule has 1 heterocycles. The van der Waals surface area contributed by atoms with E-state index in [0.717, 1.165) is 37.6 Å². The Morgan fingerprint density at radius 1 is 1.19 bits per heavy atom. The predicted molar refractivity (Wildman–Crippen MR) is 90.8 cm³/mol. The second-order valence-corrected chi connectivity index (χ2v) is 6.45. The number of hydrogen-bond acceptors (Lipinski definition) is 4. The highest BCUT2D eigenvalue weighted by molar-refractivity contribution is 7.09. The smallest absolute Gasteiger partial charge is 0.119 e. The molecule has 0 aliphatic carbocycles. The summed E-state index contributed by atoms with van der Waals surface area (Å²) in [4.78, 5) is 3.90. The van der Waals surface area contributed by atoms with Gasteiger partial charge in [0.2, 0.25) is 0 Å². The number of ether oxygens (including phenoxy) is 1. The number of nitrogens with two attached hydrogens (primary N) is 1. The first-order valence-electron chi connectivity index (χ1n) is 7.40. The van der Waals surface area contributed by atoms with E-state index in [2.05, 4.69) is 36.3 Å². The van der Waals surface area contributed by atoms with E-state index < -0.39 is 0 Å². The minimum atomic E-state index is 0.545. The van der Waals surface area contributed by atoms with Gasteiger partial charge in [-0.2, -0.15) is 0 Å². The number of benzene rings is 1. The third kappa shape index (κ3) is 5.40. The summed E-state index contributed by atoms with van der Waals surface area (Å²) in [7, 11) is 0. The molecule has 0 aliphatic rings. The zero-order chi connectivity index (χ0) is 15.1. The van der Waals surface area contributed by atoms with Crippen LogP contribution in [0.5, 0.6) is 5.75 Å². The Balaban J connectivity index is 1.73. The molecule has 0 saturated carbocycles. The fraction of sp³-hybridized carbons (Fsp3) is 0.412. The monoisotopic (exact) mass is 304 g/mol. The van der Waals surface area contributed by atoms with Crippen LogP contribution in [0.15, 0.2) is 41.8 Å². The first kappa shape index (κ1) is 15.9. The van der Waals surface area contributed by atoms with Gasteiger partial charge in [-0.05, 0) is 56.0 Å². The van der Waals surface area contributed by atoms with E-state index in [-0.39, 0.29) is 0 Å². The highest BCUT2D eigenvalue weighted by Gasteiger charge is 2.10. The molecule has 1 aromatic heterocycles. The summed E-state index contributed by atoms with van der Waals surface area (Å²) in [6.07, 6.45) is 1.02. The molecule has 21 heavy (non-hydrogen) atoms. The van der Waals surface area contributed by atoms with Crippen LogP contribution in [0.3, 0.4) is 0 Å². The molecule has 2 N–H and O–H groups in total. The van der Waals surface area contributed by atoms with Gasteiger partial charge in [0, 0.05) is 29.7 Å². The van der Waals surface area contributed by atoms with E-state index in [0.29, 0.717) is 6.04 Å². The van der Waals surface area contributed by atoms with E-state index in [9.17, 15) is 0 Å². The molecule has 0 saturated heterocycles. The van der Waals surface area contributed by atoms with E-state index in [4.69, 9.17) is 10.5 Å². The first-order chi connectivity index (χ1) is 10.1. The second-order valence-electron chi connectivity index (χ2n) is 5.41. The quantitative estimate of drug-likeness (QED) is 0.591.